The monoisotopic (exact) mass is 502 g/mol. The summed E-state index contributed by atoms with van der Waals surface area (Å²) in [6.07, 6.45) is -4.64. The minimum absolute atomic E-state index is 0.159. The molecule has 0 aliphatic carbocycles. The van der Waals surface area contributed by atoms with Crippen LogP contribution in [-0.4, -0.2) is 10.8 Å². The lowest BCUT2D eigenvalue weighted by Crippen LogP contribution is -2.16. The Morgan fingerprint density at radius 2 is 1.86 bits per heavy atom. The van der Waals surface area contributed by atoms with Crippen LogP contribution in [0.1, 0.15) is 16.1 Å². The van der Waals surface area contributed by atoms with E-state index in [-0.39, 0.29) is 17.2 Å². The summed E-state index contributed by atoms with van der Waals surface area (Å²) in [6, 6.07) is 11.8. The molecule has 0 radical (unpaired) electrons. The van der Waals surface area contributed by atoms with E-state index in [1.165, 1.54) is 36.4 Å². The second-order valence-corrected chi connectivity index (χ2v) is 6.86. The number of hydrogen-bond acceptors (Lipinski definition) is 4. The van der Waals surface area contributed by atoms with Crippen LogP contribution in [0.25, 0.3) is 11.3 Å². The number of carbonyl (C=O) groups excluding carboxylic acids is 1. The Kier molecular flexibility index (Phi) is 5.40. The number of halogens is 4. The van der Waals surface area contributed by atoms with Crippen molar-refractivity contribution in [1.82, 2.24) is 0 Å². The Labute approximate surface area is 169 Å². The summed E-state index contributed by atoms with van der Waals surface area (Å²) in [6.45, 7) is 0. The van der Waals surface area contributed by atoms with Crippen molar-refractivity contribution in [3.63, 3.8) is 0 Å². The lowest BCUT2D eigenvalue weighted by Gasteiger charge is -2.13. The normalized spacial score (nSPS) is 11.3. The largest absolute Gasteiger partial charge is 0.451 e. The maximum atomic E-state index is 13.2. The van der Waals surface area contributed by atoms with Crippen LogP contribution in [0.3, 0.4) is 0 Å². The van der Waals surface area contributed by atoms with Crippen molar-refractivity contribution in [2.24, 2.45) is 0 Å². The second-order valence-electron chi connectivity index (χ2n) is 5.61. The number of furan rings is 1. The predicted octanol–water partition coefficient (Wildman–Crippen LogP) is 5.73. The Morgan fingerprint density at radius 1 is 1.11 bits per heavy atom. The minimum Gasteiger partial charge on any atom is -0.451 e. The Bertz CT molecular complexity index is 1060. The van der Waals surface area contributed by atoms with Crippen LogP contribution in [0.4, 0.5) is 24.5 Å². The Morgan fingerprint density at radius 3 is 2.54 bits per heavy atom. The molecule has 0 saturated heterocycles. The molecule has 0 aliphatic rings. The number of amides is 1. The zero-order valence-corrected chi connectivity index (χ0v) is 15.9. The predicted molar refractivity (Wildman–Crippen MR) is 103 cm³/mol. The van der Waals surface area contributed by atoms with Crippen molar-refractivity contribution in [1.29, 1.82) is 0 Å². The molecule has 1 heterocycles. The summed E-state index contributed by atoms with van der Waals surface area (Å²) in [5.41, 5.74) is -1.17. The summed E-state index contributed by atoms with van der Waals surface area (Å²) in [5, 5.41) is 13.0. The first-order valence-electron chi connectivity index (χ1n) is 7.68. The van der Waals surface area contributed by atoms with E-state index in [2.05, 4.69) is 5.32 Å². The highest BCUT2D eigenvalue weighted by molar-refractivity contribution is 14.1. The van der Waals surface area contributed by atoms with E-state index in [1.807, 2.05) is 0 Å². The van der Waals surface area contributed by atoms with Crippen LogP contribution in [0.15, 0.2) is 59.0 Å². The fourth-order valence-corrected chi connectivity index (χ4v) is 2.92. The number of nitrogens with one attached hydrogen (secondary N) is 1. The van der Waals surface area contributed by atoms with Gasteiger partial charge in [0.25, 0.3) is 11.6 Å². The number of nitro benzene ring substituents is 1. The third-order valence-electron chi connectivity index (χ3n) is 3.71. The Hall–Kier alpha value is -2.89. The van der Waals surface area contributed by atoms with Gasteiger partial charge in [0.05, 0.1) is 16.2 Å². The van der Waals surface area contributed by atoms with Gasteiger partial charge in [-0.25, -0.2) is 0 Å². The van der Waals surface area contributed by atoms with Crippen molar-refractivity contribution < 1.29 is 27.3 Å². The van der Waals surface area contributed by atoms with Gasteiger partial charge in [-0.3, -0.25) is 14.9 Å². The molecule has 1 amide bonds. The van der Waals surface area contributed by atoms with E-state index in [4.69, 9.17) is 4.42 Å². The molecule has 0 aliphatic heterocycles. The van der Waals surface area contributed by atoms with Gasteiger partial charge in [0, 0.05) is 21.3 Å². The molecule has 6 nitrogen and oxygen atoms in total. The quantitative estimate of drug-likeness (QED) is 0.281. The van der Waals surface area contributed by atoms with Gasteiger partial charge in [-0.2, -0.15) is 13.2 Å². The van der Waals surface area contributed by atoms with Crippen LogP contribution < -0.4 is 5.32 Å². The van der Waals surface area contributed by atoms with E-state index >= 15 is 0 Å². The number of hydrogen-bond donors (Lipinski definition) is 1. The van der Waals surface area contributed by atoms with Crippen molar-refractivity contribution >= 4 is 39.9 Å². The van der Waals surface area contributed by atoms with Crippen molar-refractivity contribution in [2.75, 3.05) is 5.32 Å². The maximum Gasteiger partial charge on any atom is 0.418 e. The SMILES string of the molecule is O=C(Nc1ccc(I)cc1C(F)(F)F)c1ccc(-c2cccc([N+](=O)[O-])c2)o1. The minimum atomic E-state index is -4.64. The molecule has 0 bridgehead atoms. The number of rotatable bonds is 4. The van der Waals surface area contributed by atoms with Gasteiger partial charge in [0.1, 0.15) is 5.76 Å². The summed E-state index contributed by atoms with van der Waals surface area (Å²) in [7, 11) is 0. The highest BCUT2D eigenvalue weighted by Gasteiger charge is 2.34. The van der Waals surface area contributed by atoms with Crippen molar-refractivity contribution in [3.05, 3.63) is 79.6 Å². The van der Waals surface area contributed by atoms with Gasteiger partial charge < -0.3 is 9.73 Å². The van der Waals surface area contributed by atoms with Gasteiger partial charge in [0.15, 0.2) is 5.76 Å². The third kappa shape index (κ3) is 4.32. The fourth-order valence-electron chi connectivity index (χ4n) is 2.43. The molecule has 0 saturated carbocycles. The topological polar surface area (TPSA) is 85.4 Å². The first kappa shape index (κ1) is 19.9. The maximum absolute atomic E-state index is 13.2. The summed E-state index contributed by atoms with van der Waals surface area (Å²) in [4.78, 5) is 22.6. The smallest absolute Gasteiger partial charge is 0.418 e. The molecule has 0 fully saturated rings. The van der Waals surface area contributed by atoms with E-state index < -0.39 is 28.3 Å². The van der Waals surface area contributed by atoms with Crippen molar-refractivity contribution in [3.8, 4) is 11.3 Å². The summed E-state index contributed by atoms with van der Waals surface area (Å²) in [5.74, 6) is -0.927. The van der Waals surface area contributed by atoms with Crippen LogP contribution in [0.5, 0.6) is 0 Å². The molecule has 3 aromatic rings. The average Bonchev–Trinajstić information content (AvgIpc) is 3.13. The van der Waals surface area contributed by atoms with Crippen LogP contribution >= 0.6 is 22.6 Å². The fraction of sp³-hybridized carbons (Fsp3) is 0.0556. The molecule has 1 aromatic heterocycles. The second kappa shape index (κ2) is 7.62. The van der Waals surface area contributed by atoms with Crippen molar-refractivity contribution in [2.45, 2.75) is 6.18 Å². The highest BCUT2D eigenvalue weighted by atomic mass is 127. The van der Waals surface area contributed by atoms with Crippen LogP contribution in [0, 0.1) is 13.7 Å². The number of benzene rings is 2. The molecule has 0 spiro atoms. The van der Waals surface area contributed by atoms with Gasteiger partial charge in [0.2, 0.25) is 0 Å². The van der Waals surface area contributed by atoms with Gasteiger partial charge >= 0.3 is 6.18 Å². The highest BCUT2D eigenvalue weighted by Crippen LogP contribution is 2.36. The first-order chi connectivity index (χ1) is 13.1. The van der Waals surface area contributed by atoms with E-state index in [0.29, 0.717) is 9.13 Å². The van der Waals surface area contributed by atoms with E-state index in [1.54, 1.807) is 28.7 Å². The lowest BCUT2D eigenvalue weighted by atomic mass is 10.1. The van der Waals surface area contributed by atoms with Crippen LogP contribution in [0.2, 0.25) is 0 Å². The number of nitrogens with zero attached hydrogens (tertiary/aromatic N) is 1. The summed E-state index contributed by atoms with van der Waals surface area (Å²) >= 11 is 1.75. The van der Waals surface area contributed by atoms with Gasteiger partial charge in [-0.1, -0.05) is 12.1 Å². The van der Waals surface area contributed by atoms with Crippen LogP contribution in [-0.2, 0) is 6.18 Å². The molecule has 0 atom stereocenters. The van der Waals surface area contributed by atoms with Gasteiger partial charge in [-0.15, -0.1) is 0 Å². The molecule has 144 valence electrons. The zero-order valence-electron chi connectivity index (χ0n) is 13.8. The molecular formula is C18H10F3IN2O4. The standard InChI is InChI=1S/C18H10F3IN2O4/c19-18(20,21)13-9-11(22)4-5-14(13)23-17(25)16-7-6-15(28-16)10-2-1-3-12(8-10)24(26)27/h1-9H,(H,23,25). The molecule has 3 rings (SSSR count). The van der Waals surface area contributed by atoms with Gasteiger partial charge in [-0.05, 0) is 52.9 Å². The molecule has 28 heavy (non-hydrogen) atoms. The number of anilines is 1. The molecule has 10 heteroatoms. The molecule has 0 unspecified atom stereocenters. The molecular weight excluding hydrogens is 492 g/mol. The number of non-ortho nitro benzene ring substituents is 1. The zero-order chi connectivity index (χ0) is 20.5. The van der Waals surface area contributed by atoms with E-state index in [0.717, 1.165) is 12.1 Å². The molecule has 1 N–H and O–H groups in total. The molecule has 2 aromatic carbocycles. The number of carbonyl (C=O) groups is 1. The third-order valence-corrected chi connectivity index (χ3v) is 4.38. The number of nitro groups is 1. The first-order valence-corrected chi connectivity index (χ1v) is 8.76. The Balaban J connectivity index is 1.86. The van der Waals surface area contributed by atoms with E-state index in [9.17, 15) is 28.1 Å². The lowest BCUT2D eigenvalue weighted by molar-refractivity contribution is -0.384. The summed E-state index contributed by atoms with van der Waals surface area (Å²) < 4.78 is 45.3. The number of alkyl halides is 3. The average molecular weight is 502 g/mol.